The van der Waals surface area contributed by atoms with Gasteiger partial charge < -0.3 is 14.6 Å². The number of hydrogen-bond acceptors (Lipinski definition) is 6. The van der Waals surface area contributed by atoms with Gasteiger partial charge in [0, 0.05) is 26.2 Å². The van der Waals surface area contributed by atoms with Crippen molar-refractivity contribution in [3.63, 3.8) is 0 Å². The van der Waals surface area contributed by atoms with E-state index in [2.05, 4.69) is 15.0 Å². The van der Waals surface area contributed by atoms with Gasteiger partial charge in [0.1, 0.15) is 22.9 Å². The molecule has 0 spiro atoms. The molecule has 2 aromatic heterocycles. The largest absolute Gasteiger partial charge is 0.437 e. The van der Waals surface area contributed by atoms with Crippen molar-refractivity contribution in [1.29, 1.82) is 5.26 Å². The molecule has 0 saturated heterocycles. The minimum Gasteiger partial charge on any atom is -0.437 e. The molecule has 0 radical (unpaired) electrons. The molecule has 8 nitrogen and oxygen atoms in total. The van der Waals surface area contributed by atoms with E-state index in [0.717, 1.165) is 0 Å². The Balaban J connectivity index is 1.83. The van der Waals surface area contributed by atoms with E-state index in [4.69, 9.17) is 4.74 Å². The number of fused-ring (bicyclic) bond motifs is 1. The highest BCUT2D eigenvalue weighted by Gasteiger charge is 2.18. The van der Waals surface area contributed by atoms with Gasteiger partial charge in [-0.1, -0.05) is 26.0 Å². The summed E-state index contributed by atoms with van der Waals surface area (Å²) in [6.45, 7) is 3.66. The van der Waals surface area contributed by atoms with Crippen LogP contribution in [0.25, 0.3) is 17.2 Å². The Kier molecular flexibility index (Phi) is 5.93. The van der Waals surface area contributed by atoms with Crippen LogP contribution >= 0.6 is 0 Å². The second-order valence-corrected chi connectivity index (χ2v) is 7.17. The average molecular weight is 403 g/mol. The lowest BCUT2D eigenvalue weighted by Gasteiger charge is -2.09. The SMILES string of the molecule is CC(C)C(=O)c1c[nH]c2ncc(Oc3ccc(C=C(C#N)C(=O)N(C)C)cc3)nc12. The van der Waals surface area contributed by atoms with Gasteiger partial charge >= 0.3 is 0 Å². The van der Waals surface area contributed by atoms with Crippen LogP contribution in [0.5, 0.6) is 11.6 Å². The number of carbonyl (C=O) groups is 2. The summed E-state index contributed by atoms with van der Waals surface area (Å²) in [7, 11) is 3.18. The van der Waals surface area contributed by atoms with E-state index in [1.807, 2.05) is 19.9 Å². The zero-order valence-corrected chi connectivity index (χ0v) is 17.1. The highest BCUT2D eigenvalue weighted by molar-refractivity contribution is 6.06. The van der Waals surface area contributed by atoms with Gasteiger partial charge in [0.25, 0.3) is 5.91 Å². The van der Waals surface area contributed by atoms with Crippen molar-refractivity contribution in [2.75, 3.05) is 14.1 Å². The Bertz CT molecular complexity index is 1170. The predicted octanol–water partition coefficient (Wildman–Crippen LogP) is 3.58. The number of aromatic nitrogens is 3. The first kappa shape index (κ1) is 20.7. The molecule has 152 valence electrons. The smallest absolute Gasteiger partial charge is 0.264 e. The first-order valence-electron chi connectivity index (χ1n) is 9.30. The molecule has 1 N–H and O–H groups in total. The van der Waals surface area contributed by atoms with Gasteiger partial charge in [-0.15, -0.1) is 0 Å². The fourth-order valence-electron chi connectivity index (χ4n) is 2.73. The topological polar surface area (TPSA) is 112 Å². The molecule has 3 aromatic rings. The molecule has 0 fully saturated rings. The van der Waals surface area contributed by atoms with Crippen molar-refractivity contribution in [2.45, 2.75) is 13.8 Å². The fraction of sp³-hybridized carbons (Fsp3) is 0.227. The molecular weight excluding hydrogens is 382 g/mol. The van der Waals surface area contributed by atoms with Crippen LogP contribution in [-0.4, -0.2) is 45.6 Å². The maximum atomic E-state index is 12.3. The first-order chi connectivity index (χ1) is 14.3. The Labute approximate surface area is 173 Å². The maximum absolute atomic E-state index is 12.3. The number of nitriles is 1. The van der Waals surface area contributed by atoms with Gasteiger partial charge in [-0.25, -0.2) is 9.97 Å². The third-order valence-corrected chi connectivity index (χ3v) is 4.32. The Morgan fingerprint density at radius 2 is 1.93 bits per heavy atom. The third-order valence-electron chi connectivity index (χ3n) is 4.32. The number of carbonyl (C=O) groups excluding carboxylic acids is 2. The summed E-state index contributed by atoms with van der Waals surface area (Å²) in [5.74, 6) is 0.215. The number of benzene rings is 1. The van der Waals surface area contributed by atoms with Crippen LogP contribution < -0.4 is 4.74 Å². The molecule has 0 saturated carbocycles. The van der Waals surface area contributed by atoms with E-state index in [-0.39, 0.29) is 29.1 Å². The molecule has 30 heavy (non-hydrogen) atoms. The van der Waals surface area contributed by atoms with Crippen molar-refractivity contribution in [2.24, 2.45) is 5.92 Å². The number of H-pyrrole nitrogens is 1. The van der Waals surface area contributed by atoms with Crippen LogP contribution in [0, 0.1) is 17.2 Å². The molecule has 2 heterocycles. The number of nitrogens with one attached hydrogen (secondary N) is 1. The lowest BCUT2D eigenvalue weighted by atomic mass is 10.0. The van der Waals surface area contributed by atoms with Crippen LogP contribution in [0.4, 0.5) is 0 Å². The highest BCUT2D eigenvalue weighted by atomic mass is 16.5. The average Bonchev–Trinajstić information content (AvgIpc) is 3.15. The molecule has 3 rings (SSSR count). The highest BCUT2D eigenvalue weighted by Crippen LogP contribution is 2.24. The summed E-state index contributed by atoms with van der Waals surface area (Å²) >= 11 is 0. The normalized spacial score (nSPS) is 11.4. The minimum absolute atomic E-state index is 0.0237. The van der Waals surface area contributed by atoms with Crippen molar-refractivity contribution in [3.05, 3.63) is 53.4 Å². The van der Waals surface area contributed by atoms with E-state index < -0.39 is 0 Å². The minimum atomic E-state index is -0.361. The number of likely N-dealkylation sites (N-methyl/N-ethyl adjacent to an activating group) is 1. The summed E-state index contributed by atoms with van der Waals surface area (Å²) in [5.41, 5.74) is 2.19. The van der Waals surface area contributed by atoms with E-state index in [1.165, 1.54) is 17.2 Å². The van der Waals surface area contributed by atoms with Gasteiger partial charge in [0.15, 0.2) is 11.4 Å². The number of ketones is 1. The molecule has 1 aromatic carbocycles. The zero-order valence-electron chi connectivity index (χ0n) is 17.1. The standard InChI is InChI=1S/C22H21N5O3/c1-13(2)20(28)17-11-24-21-19(17)26-18(12-25-21)30-16-7-5-14(6-8-16)9-15(10-23)22(29)27(3)4/h5-9,11-13H,1-4H3,(H,24,25). The zero-order chi connectivity index (χ0) is 21.8. The fourth-order valence-corrected chi connectivity index (χ4v) is 2.73. The third kappa shape index (κ3) is 4.36. The Morgan fingerprint density at radius 3 is 2.53 bits per heavy atom. The van der Waals surface area contributed by atoms with Gasteiger partial charge in [0.2, 0.25) is 5.88 Å². The van der Waals surface area contributed by atoms with Gasteiger partial charge in [-0.2, -0.15) is 5.26 Å². The quantitative estimate of drug-likeness (QED) is 0.382. The van der Waals surface area contributed by atoms with E-state index in [9.17, 15) is 14.9 Å². The van der Waals surface area contributed by atoms with Crippen LogP contribution in [0.15, 0.2) is 42.2 Å². The van der Waals surface area contributed by atoms with Crippen molar-refractivity contribution in [1.82, 2.24) is 19.9 Å². The van der Waals surface area contributed by atoms with Gasteiger partial charge in [-0.05, 0) is 23.8 Å². The molecule has 0 aliphatic rings. The number of amides is 1. The number of rotatable bonds is 6. The Hall–Kier alpha value is -3.99. The summed E-state index contributed by atoms with van der Waals surface area (Å²) in [4.78, 5) is 37.3. The monoisotopic (exact) mass is 403 g/mol. The molecular formula is C22H21N5O3. The molecule has 0 aliphatic carbocycles. The van der Waals surface area contributed by atoms with Gasteiger partial charge in [-0.3, -0.25) is 9.59 Å². The number of hydrogen-bond donors (Lipinski definition) is 1. The van der Waals surface area contributed by atoms with Gasteiger partial charge in [0.05, 0.1) is 11.8 Å². The lowest BCUT2D eigenvalue weighted by molar-refractivity contribution is -0.124. The number of nitrogens with zero attached hydrogens (tertiary/aromatic N) is 4. The maximum Gasteiger partial charge on any atom is 0.264 e. The molecule has 0 aliphatic heterocycles. The molecule has 0 atom stereocenters. The van der Waals surface area contributed by atoms with E-state index >= 15 is 0 Å². The van der Waals surface area contributed by atoms with Crippen LogP contribution in [0.3, 0.4) is 0 Å². The lowest BCUT2D eigenvalue weighted by Crippen LogP contribution is -2.22. The number of Topliss-reactive ketones (excluding diaryl/α,β-unsaturated/α-hetero) is 1. The van der Waals surface area contributed by atoms with Crippen molar-refractivity contribution >= 4 is 28.9 Å². The summed E-state index contributed by atoms with van der Waals surface area (Å²) in [6, 6.07) is 8.77. The molecule has 0 bridgehead atoms. The summed E-state index contributed by atoms with van der Waals surface area (Å²) in [6.07, 6.45) is 4.60. The summed E-state index contributed by atoms with van der Waals surface area (Å²) in [5, 5.41) is 9.19. The first-order valence-corrected chi connectivity index (χ1v) is 9.30. The summed E-state index contributed by atoms with van der Waals surface area (Å²) < 4.78 is 5.76. The van der Waals surface area contributed by atoms with E-state index in [1.54, 1.807) is 44.6 Å². The van der Waals surface area contributed by atoms with Crippen LogP contribution in [-0.2, 0) is 4.79 Å². The predicted molar refractivity (Wildman–Crippen MR) is 112 cm³/mol. The second-order valence-electron chi connectivity index (χ2n) is 7.17. The second kappa shape index (κ2) is 8.57. The molecule has 1 amide bonds. The number of ether oxygens (including phenoxy) is 1. The van der Waals surface area contributed by atoms with Crippen LogP contribution in [0.1, 0.15) is 29.8 Å². The molecule has 0 unspecified atom stereocenters. The van der Waals surface area contributed by atoms with Crippen LogP contribution in [0.2, 0.25) is 0 Å². The number of aromatic amines is 1. The van der Waals surface area contributed by atoms with Crippen molar-refractivity contribution < 1.29 is 14.3 Å². The molecule has 8 heteroatoms. The van der Waals surface area contributed by atoms with Crippen molar-refractivity contribution in [3.8, 4) is 17.7 Å². The van der Waals surface area contributed by atoms with E-state index in [0.29, 0.717) is 28.0 Å². The Morgan fingerprint density at radius 1 is 1.23 bits per heavy atom.